The van der Waals surface area contributed by atoms with Gasteiger partial charge in [-0.3, -0.25) is 14.9 Å². The Kier molecular flexibility index (Phi) is 3.64. The van der Waals surface area contributed by atoms with Gasteiger partial charge in [0.25, 0.3) is 0 Å². The van der Waals surface area contributed by atoms with Gasteiger partial charge >= 0.3 is 6.01 Å². The molecule has 0 aromatic carbocycles. The smallest absolute Gasteiger partial charge is 0.322 e. The highest BCUT2D eigenvalue weighted by atomic mass is 16.4. The number of anilines is 1. The van der Waals surface area contributed by atoms with Crippen LogP contribution < -0.4 is 10.6 Å². The zero-order chi connectivity index (χ0) is 13.9. The number of carbonyl (C=O) groups excluding carboxylic acids is 2. The molecule has 3 heterocycles. The minimum Gasteiger partial charge on any atom is -0.406 e. The van der Waals surface area contributed by atoms with Crippen LogP contribution in [0.2, 0.25) is 0 Å². The third-order valence-corrected chi connectivity index (χ3v) is 3.55. The van der Waals surface area contributed by atoms with Crippen molar-refractivity contribution in [2.75, 3.05) is 25.0 Å². The van der Waals surface area contributed by atoms with Gasteiger partial charge in [-0.15, -0.1) is 5.10 Å². The van der Waals surface area contributed by atoms with E-state index in [0.717, 1.165) is 25.8 Å². The van der Waals surface area contributed by atoms with Crippen molar-refractivity contribution in [1.29, 1.82) is 0 Å². The van der Waals surface area contributed by atoms with Crippen molar-refractivity contribution in [2.24, 2.45) is 0 Å². The van der Waals surface area contributed by atoms with Crippen LogP contribution in [0.4, 0.5) is 6.01 Å². The van der Waals surface area contributed by atoms with Crippen LogP contribution in [0, 0.1) is 0 Å². The quantitative estimate of drug-likeness (QED) is 0.808. The summed E-state index contributed by atoms with van der Waals surface area (Å²) in [6.07, 6.45) is 3.36. The van der Waals surface area contributed by atoms with Crippen LogP contribution in [0.15, 0.2) is 4.42 Å². The van der Waals surface area contributed by atoms with Crippen LogP contribution in [0.25, 0.3) is 0 Å². The summed E-state index contributed by atoms with van der Waals surface area (Å²) in [6, 6.07) is 0.165. The van der Waals surface area contributed by atoms with Gasteiger partial charge in [0.2, 0.25) is 17.7 Å². The highest BCUT2D eigenvalue weighted by Gasteiger charge is 2.25. The van der Waals surface area contributed by atoms with E-state index in [9.17, 15) is 9.59 Å². The van der Waals surface area contributed by atoms with Crippen LogP contribution in [-0.4, -0.2) is 46.5 Å². The molecule has 2 fully saturated rings. The number of hydrogen-bond donors (Lipinski definition) is 2. The van der Waals surface area contributed by atoms with E-state index >= 15 is 0 Å². The van der Waals surface area contributed by atoms with E-state index in [-0.39, 0.29) is 30.4 Å². The van der Waals surface area contributed by atoms with Gasteiger partial charge in [-0.1, -0.05) is 5.10 Å². The van der Waals surface area contributed by atoms with Crippen molar-refractivity contribution >= 4 is 17.8 Å². The summed E-state index contributed by atoms with van der Waals surface area (Å²) < 4.78 is 5.41. The monoisotopic (exact) mass is 279 g/mol. The van der Waals surface area contributed by atoms with E-state index in [4.69, 9.17) is 4.42 Å². The normalized spacial score (nSPS) is 22.5. The van der Waals surface area contributed by atoms with Gasteiger partial charge in [-0.25, -0.2) is 0 Å². The lowest BCUT2D eigenvalue weighted by Crippen LogP contribution is -2.34. The van der Waals surface area contributed by atoms with Crippen LogP contribution in [0.3, 0.4) is 0 Å². The summed E-state index contributed by atoms with van der Waals surface area (Å²) in [5.41, 5.74) is 0. The Morgan fingerprint density at radius 2 is 2.35 bits per heavy atom. The Morgan fingerprint density at radius 1 is 1.45 bits per heavy atom. The van der Waals surface area contributed by atoms with E-state index in [0.29, 0.717) is 18.9 Å². The van der Waals surface area contributed by atoms with Crippen molar-refractivity contribution in [2.45, 2.75) is 31.7 Å². The lowest BCUT2D eigenvalue weighted by atomic mass is 10.2. The molecule has 0 saturated carbocycles. The van der Waals surface area contributed by atoms with Gasteiger partial charge in [0.15, 0.2) is 0 Å². The number of likely N-dealkylation sites (tertiary alicyclic amines) is 1. The predicted octanol–water partition coefficient (Wildman–Crippen LogP) is 0.0550. The Labute approximate surface area is 115 Å². The molecule has 8 nitrogen and oxygen atoms in total. The summed E-state index contributed by atoms with van der Waals surface area (Å²) in [7, 11) is 0. The molecule has 0 radical (unpaired) electrons. The minimum atomic E-state index is -0.310. The maximum Gasteiger partial charge on any atom is 0.322 e. The molecule has 2 aliphatic heterocycles. The molecule has 0 spiro atoms. The number of carbonyl (C=O) groups is 2. The SMILES string of the molecule is O=C(CN1CCCC1=O)Nc1nnc(C2CCCN2)o1. The average molecular weight is 279 g/mol. The molecule has 108 valence electrons. The predicted molar refractivity (Wildman–Crippen MR) is 68.7 cm³/mol. The minimum absolute atomic E-state index is 0.0153. The number of nitrogens with one attached hydrogen (secondary N) is 2. The Morgan fingerprint density at radius 3 is 3.05 bits per heavy atom. The van der Waals surface area contributed by atoms with E-state index in [1.807, 2.05) is 0 Å². The molecule has 0 aliphatic carbocycles. The standard InChI is InChI=1S/C12H17N5O3/c18-9(7-17-6-2-4-10(17)19)14-12-16-15-11(20-12)8-3-1-5-13-8/h8,13H,1-7H2,(H,14,16,18). The third kappa shape index (κ3) is 2.79. The van der Waals surface area contributed by atoms with E-state index < -0.39 is 0 Å². The summed E-state index contributed by atoms with van der Waals surface area (Å²) in [6.45, 7) is 1.61. The molecule has 2 saturated heterocycles. The van der Waals surface area contributed by atoms with Crippen LogP contribution >= 0.6 is 0 Å². The highest BCUT2D eigenvalue weighted by molar-refractivity contribution is 5.93. The van der Waals surface area contributed by atoms with Gasteiger partial charge in [0.05, 0.1) is 12.6 Å². The fraction of sp³-hybridized carbons (Fsp3) is 0.667. The van der Waals surface area contributed by atoms with E-state index in [1.54, 1.807) is 0 Å². The van der Waals surface area contributed by atoms with Crippen LogP contribution in [0.1, 0.15) is 37.6 Å². The second-order valence-corrected chi connectivity index (χ2v) is 5.06. The fourth-order valence-electron chi connectivity index (χ4n) is 2.52. The summed E-state index contributed by atoms with van der Waals surface area (Å²) in [5.74, 6) is 0.200. The first-order valence-electron chi connectivity index (χ1n) is 6.87. The molecular weight excluding hydrogens is 262 g/mol. The zero-order valence-corrected chi connectivity index (χ0v) is 11.1. The van der Waals surface area contributed by atoms with Crippen LogP contribution in [0.5, 0.6) is 0 Å². The third-order valence-electron chi connectivity index (χ3n) is 3.55. The molecule has 2 N–H and O–H groups in total. The fourth-order valence-corrected chi connectivity index (χ4v) is 2.52. The number of hydrogen-bond acceptors (Lipinski definition) is 6. The molecular formula is C12H17N5O3. The topological polar surface area (TPSA) is 100 Å². The van der Waals surface area contributed by atoms with E-state index in [1.165, 1.54) is 4.90 Å². The van der Waals surface area contributed by atoms with Gasteiger partial charge in [0, 0.05) is 13.0 Å². The number of nitrogens with zero attached hydrogens (tertiary/aromatic N) is 3. The van der Waals surface area contributed by atoms with Gasteiger partial charge in [-0.05, 0) is 25.8 Å². The van der Waals surface area contributed by atoms with Gasteiger partial charge in [-0.2, -0.15) is 0 Å². The molecule has 2 aliphatic rings. The number of aromatic nitrogens is 2. The molecule has 8 heteroatoms. The Bertz CT molecular complexity index is 509. The lowest BCUT2D eigenvalue weighted by molar-refractivity contribution is -0.131. The van der Waals surface area contributed by atoms with Crippen LogP contribution in [-0.2, 0) is 9.59 Å². The van der Waals surface area contributed by atoms with Gasteiger partial charge in [0.1, 0.15) is 0 Å². The average Bonchev–Trinajstić information content (AvgIpc) is 3.12. The van der Waals surface area contributed by atoms with Gasteiger partial charge < -0.3 is 14.6 Å². The molecule has 1 atom stereocenters. The molecule has 1 aromatic heterocycles. The summed E-state index contributed by atoms with van der Waals surface area (Å²) in [5, 5.41) is 13.5. The largest absolute Gasteiger partial charge is 0.406 e. The molecule has 1 aromatic rings. The van der Waals surface area contributed by atoms with Crippen molar-refractivity contribution in [1.82, 2.24) is 20.4 Å². The second kappa shape index (κ2) is 5.58. The Hall–Kier alpha value is -1.96. The number of amides is 2. The highest BCUT2D eigenvalue weighted by Crippen LogP contribution is 2.22. The maximum absolute atomic E-state index is 11.8. The number of rotatable bonds is 4. The zero-order valence-electron chi connectivity index (χ0n) is 11.1. The molecule has 2 amide bonds. The summed E-state index contributed by atoms with van der Waals surface area (Å²) >= 11 is 0. The summed E-state index contributed by atoms with van der Waals surface area (Å²) in [4.78, 5) is 24.8. The van der Waals surface area contributed by atoms with Crippen molar-refractivity contribution < 1.29 is 14.0 Å². The first-order chi connectivity index (χ1) is 9.72. The van der Waals surface area contributed by atoms with Crippen molar-refractivity contribution in [3.63, 3.8) is 0 Å². The Balaban J connectivity index is 1.54. The van der Waals surface area contributed by atoms with E-state index in [2.05, 4.69) is 20.8 Å². The first kappa shape index (κ1) is 13.0. The maximum atomic E-state index is 11.8. The molecule has 3 rings (SSSR count). The molecule has 0 bridgehead atoms. The lowest BCUT2D eigenvalue weighted by Gasteiger charge is -2.13. The second-order valence-electron chi connectivity index (χ2n) is 5.06. The van der Waals surface area contributed by atoms with Crippen molar-refractivity contribution in [3.8, 4) is 0 Å². The molecule has 20 heavy (non-hydrogen) atoms. The molecule has 1 unspecified atom stereocenters. The first-order valence-corrected chi connectivity index (χ1v) is 6.87. The van der Waals surface area contributed by atoms with Crippen molar-refractivity contribution in [3.05, 3.63) is 5.89 Å².